The van der Waals surface area contributed by atoms with E-state index in [1.807, 2.05) is 0 Å². The Balaban J connectivity index is 1.96. The Morgan fingerprint density at radius 3 is 2.19 bits per heavy atom. The highest BCUT2D eigenvalue weighted by molar-refractivity contribution is 6.76. The molecule has 0 heterocycles. The summed E-state index contributed by atoms with van der Waals surface area (Å²) in [5.74, 6) is 2.23. The molecule has 0 amide bonds. The summed E-state index contributed by atoms with van der Waals surface area (Å²) in [6.45, 7) is 13.4. The van der Waals surface area contributed by atoms with Crippen molar-refractivity contribution in [2.24, 2.45) is 17.3 Å². The molecular formula is C14H29NSi. The molecule has 2 unspecified atom stereocenters. The van der Waals surface area contributed by atoms with Gasteiger partial charge in [0, 0.05) is 20.7 Å². The molecule has 0 aromatic heterocycles. The molecule has 94 valence electrons. The van der Waals surface area contributed by atoms with Crippen LogP contribution < -0.4 is 5.32 Å². The first-order valence-electron chi connectivity index (χ1n) is 7.03. The van der Waals surface area contributed by atoms with E-state index in [9.17, 15) is 0 Å². The lowest BCUT2D eigenvalue weighted by Gasteiger charge is -2.37. The van der Waals surface area contributed by atoms with E-state index >= 15 is 0 Å². The molecule has 0 aromatic carbocycles. The van der Waals surface area contributed by atoms with Gasteiger partial charge in [0.1, 0.15) is 0 Å². The number of fused-ring (bicyclic) bond motifs is 1. The van der Waals surface area contributed by atoms with Crippen LogP contribution in [0.2, 0.25) is 25.7 Å². The first kappa shape index (κ1) is 12.6. The lowest BCUT2D eigenvalue weighted by atomic mass is 9.84. The minimum atomic E-state index is -0.916. The molecule has 0 spiro atoms. The minimum absolute atomic E-state index is 0.649. The fourth-order valence-electron chi connectivity index (χ4n) is 3.90. The molecule has 0 aliphatic heterocycles. The molecule has 1 nitrogen and oxygen atoms in total. The molecule has 0 radical (unpaired) electrons. The van der Waals surface area contributed by atoms with Crippen LogP contribution >= 0.6 is 0 Å². The van der Waals surface area contributed by atoms with Crippen molar-refractivity contribution in [2.45, 2.75) is 64.8 Å². The van der Waals surface area contributed by atoms with Crippen LogP contribution in [-0.2, 0) is 0 Å². The van der Waals surface area contributed by atoms with Crippen LogP contribution in [0.3, 0.4) is 0 Å². The Morgan fingerprint density at radius 2 is 1.75 bits per heavy atom. The second kappa shape index (κ2) is 4.13. The van der Waals surface area contributed by atoms with Crippen LogP contribution in [0.25, 0.3) is 0 Å². The molecular weight excluding hydrogens is 210 g/mol. The van der Waals surface area contributed by atoms with Crippen LogP contribution in [0.15, 0.2) is 0 Å². The van der Waals surface area contributed by atoms with Gasteiger partial charge in [-0.3, -0.25) is 0 Å². The summed E-state index contributed by atoms with van der Waals surface area (Å²) < 4.78 is 0. The van der Waals surface area contributed by atoms with E-state index < -0.39 is 8.07 Å². The molecule has 1 N–H and O–H groups in total. The van der Waals surface area contributed by atoms with Crippen molar-refractivity contribution in [1.82, 2.24) is 5.32 Å². The van der Waals surface area contributed by atoms with Gasteiger partial charge >= 0.3 is 0 Å². The number of hydrogen-bond acceptors (Lipinski definition) is 1. The van der Waals surface area contributed by atoms with Crippen molar-refractivity contribution in [1.29, 1.82) is 0 Å². The predicted octanol–water partition coefficient (Wildman–Crippen LogP) is 3.74. The van der Waals surface area contributed by atoms with Gasteiger partial charge in [0.2, 0.25) is 0 Å². The van der Waals surface area contributed by atoms with E-state index in [0.717, 1.165) is 11.8 Å². The summed E-state index contributed by atoms with van der Waals surface area (Å²) >= 11 is 0. The van der Waals surface area contributed by atoms with Crippen LogP contribution in [0.5, 0.6) is 0 Å². The highest BCUT2D eigenvalue weighted by Crippen LogP contribution is 2.61. The smallest absolute Gasteiger partial charge is 0.0448 e. The minimum Gasteiger partial charge on any atom is -0.314 e. The third-order valence-electron chi connectivity index (χ3n) is 4.25. The van der Waals surface area contributed by atoms with Crippen LogP contribution in [0, 0.1) is 17.3 Å². The van der Waals surface area contributed by atoms with Gasteiger partial charge in [-0.15, -0.1) is 0 Å². The summed E-state index contributed by atoms with van der Waals surface area (Å²) in [7, 11) is -0.916. The third-order valence-corrected chi connectivity index (χ3v) is 6.06. The fraction of sp³-hybridized carbons (Fsp3) is 1.00. The second-order valence-electron chi connectivity index (χ2n) is 7.94. The second-order valence-corrected chi connectivity index (χ2v) is 13.4. The summed E-state index contributed by atoms with van der Waals surface area (Å²) in [5, 5.41) is 3.71. The normalized spacial score (nSPS) is 37.9. The predicted molar refractivity (Wildman–Crippen MR) is 74.6 cm³/mol. The molecule has 0 bridgehead atoms. The van der Waals surface area contributed by atoms with Crippen LogP contribution in [0.4, 0.5) is 0 Å². The molecule has 2 aliphatic rings. The quantitative estimate of drug-likeness (QED) is 0.721. The van der Waals surface area contributed by atoms with Crippen LogP contribution in [-0.4, -0.2) is 20.7 Å². The molecule has 2 saturated carbocycles. The van der Waals surface area contributed by atoms with Crippen LogP contribution in [0.1, 0.15) is 33.1 Å². The topological polar surface area (TPSA) is 12.0 Å². The molecule has 2 heteroatoms. The number of rotatable bonds is 5. The number of nitrogens with one attached hydrogen (secondary N) is 1. The Bertz CT molecular complexity index is 244. The van der Waals surface area contributed by atoms with Gasteiger partial charge in [0.05, 0.1) is 0 Å². The van der Waals surface area contributed by atoms with Crippen molar-refractivity contribution in [3.05, 3.63) is 0 Å². The van der Waals surface area contributed by atoms with E-state index in [2.05, 4.69) is 38.8 Å². The maximum absolute atomic E-state index is 3.71. The van der Waals surface area contributed by atoms with Crippen molar-refractivity contribution in [3.63, 3.8) is 0 Å². The van der Waals surface area contributed by atoms with Gasteiger partial charge in [-0.25, -0.2) is 0 Å². The summed E-state index contributed by atoms with van der Waals surface area (Å²) in [4.78, 5) is 0. The van der Waals surface area contributed by atoms with Crippen molar-refractivity contribution in [3.8, 4) is 0 Å². The SMILES string of the molecule is CC(C)NCC1(C[Si](C)(C)C)CC2CC2C1. The Hall–Kier alpha value is 0.177. The van der Waals surface area contributed by atoms with E-state index in [-0.39, 0.29) is 0 Å². The average Bonchev–Trinajstić information content (AvgIpc) is 2.69. The summed E-state index contributed by atoms with van der Waals surface area (Å²) in [6, 6.07) is 2.18. The highest BCUT2D eigenvalue weighted by Gasteiger charge is 2.54. The first-order chi connectivity index (χ1) is 7.30. The largest absolute Gasteiger partial charge is 0.314 e. The fourth-order valence-corrected chi connectivity index (χ4v) is 6.57. The van der Waals surface area contributed by atoms with Gasteiger partial charge in [0.25, 0.3) is 0 Å². The Kier molecular flexibility index (Phi) is 3.26. The van der Waals surface area contributed by atoms with E-state index in [1.54, 1.807) is 6.42 Å². The molecule has 0 saturated heterocycles. The van der Waals surface area contributed by atoms with E-state index in [4.69, 9.17) is 0 Å². The maximum atomic E-state index is 3.71. The van der Waals surface area contributed by atoms with E-state index in [0.29, 0.717) is 11.5 Å². The van der Waals surface area contributed by atoms with Crippen molar-refractivity contribution in [2.75, 3.05) is 6.54 Å². The average molecular weight is 239 g/mol. The monoisotopic (exact) mass is 239 g/mol. The molecule has 2 fully saturated rings. The molecule has 16 heavy (non-hydrogen) atoms. The lowest BCUT2D eigenvalue weighted by molar-refractivity contribution is 0.271. The van der Waals surface area contributed by atoms with Gasteiger partial charge < -0.3 is 5.32 Å². The van der Waals surface area contributed by atoms with Gasteiger partial charge in [-0.1, -0.05) is 39.5 Å². The standard InChI is InChI=1S/C14H29NSi/c1-11(2)15-9-14(10-16(3,4)5)7-12-6-13(12)8-14/h11-13,15H,6-10H2,1-5H3. The molecule has 2 atom stereocenters. The maximum Gasteiger partial charge on any atom is 0.0448 e. The van der Waals surface area contributed by atoms with Gasteiger partial charge in [-0.2, -0.15) is 0 Å². The molecule has 2 aliphatic carbocycles. The molecule has 0 aromatic rings. The highest BCUT2D eigenvalue weighted by atomic mass is 28.3. The summed E-state index contributed by atoms with van der Waals surface area (Å²) in [6.07, 6.45) is 4.61. The summed E-state index contributed by atoms with van der Waals surface area (Å²) in [5.41, 5.74) is 0.683. The number of hydrogen-bond donors (Lipinski definition) is 1. The zero-order valence-corrected chi connectivity index (χ0v) is 12.8. The lowest BCUT2D eigenvalue weighted by Crippen LogP contribution is -2.41. The van der Waals surface area contributed by atoms with Gasteiger partial charge in [0.15, 0.2) is 0 Å². The Morgan fingerprint density at radius 1 is 1.19 bits per heavy atom. The van der Waals surface area contributed by atoms with Crippen molar-refractivity contribution >= 4 is 8.07 Å². The zero-order valence-electron chi connectivity index (χ0n) is 11.8. The first-order valence-corrected chi connectivity index (χ1v) is 10.7. The van der Waals surface area contributed by atoms with Crippen molar-refractivity contribution < 1.29 is 0 Å². The molecule has 2 rings (SSSR count). The van der Waals surface area contributed by atoms with Gasteiger partial charge in [-0.05, 0) is 36.5 Å². The van der Waals surface area contributed by atoms with E-state index in [1.165, 1.54) is 25.4 Å². The Labute approximate surface area is 102 Å². The zero-order chi connectivity index (χ0) is 12.0. The third kappa shape index (κ3) is 3.10.